The minimum absolute atomic E-state index is 0.0274. The monoisotopic (exact) mass is 385 g/mol. The molecule has 0 aliphatic rings. The van der Waals surface area contributed by atoms with Crippen LogP contribution in [-0.4, -0.2) is 12.6 Å². The van der Waals surface area contributed by atoms with Gasteiger partial charge in [-0.2, -0.15) is 5.26 Å². The van der Waals surface area contributed by atoms with Gasteiger partial charge in [0, 0.05) is 4.47 Å². The fourth-order valence-corrected chi connectivity index (χ4v) is 2.18. The lowest BCUT2D eigenvalue weighted by molar-refractivity contribution is -0.137. The Morgan fingerprint density at radius 2 is 1.83 bits per heavy atom. The predicted molar refractivity (Wildman–Crippen MR) is 95.1 cm³/mol. The molecule has 0 amide bonds. The zero-order chi connectivity index (χ0) is 17.4. The highest BCUT2D eigenvalue weighted by atomic mass is 79.9. The molecule has 0 saturated carbocycles. The van der Waals surface area contributed by atoms with Gasteiger partial charge in [-0.25, -0.2) is 4.79 Å². The van der Waals surface area contributed by atoms with Crippen molar-refractivity contribution in [1.82, 2.24) is 0 Å². The highest BCUT2D eigenvalue weighted by Gasteiger charge is 2.09. The molecule has 5 heteroatoms. The molecule has 0 heterocycles. The second-order valence-corrected chi connectivity index (χ2v) is 5.79. The van der Waals surface area contributed by atoms with Crippen LogP contribution < -0.4 is 4.74 Å². The third kappa shape index (κ3) is 5.25. The number of rotatable bonds is 6. The third-order valence-electron chi connectivity index (χ3n) is 3.13. The van der Waals surface area contributed by atoms with Crippen molar-refractivity contribution in [2.24, 2.45) is 0 Å². The Hall–Kier alpha value is -2.58. The fourth-order valence-electron chi connectivity index (χ4n) is 1.92. The first-order valence-electron chi connectivity index (χ1n) is 7.38. The van der Waals surface area contributed by atoms with Crippen LogP contribution in [0.2, 0.25) is 0 Å². The number of halogens is 1. The molecular weight excluding hydrogens is 370 g/mol. The Labute approximate surface area is 149 Å². The topological polar surface area (TPSA) is 59.3 Å². The number of carbonyl (C=O) groups is 1. The Bertz CT molecular complexity index is 759. The number of carbonyl (C=O) groups excluding carboxylic acids is 1. The van der Waals surface area contributed by atoms with Crippen LogP contribution in [0.1, 0.15) is 18.1 Å². The molecule has 0 N–H and O–H groups in total. The molecule has 0 aliphatic carbocycles. The van der Waals surface area contributed by atoms with Crippen molar-refractivity contribution >= 4 is 28.0 Å². The van der Waals surface area contributed by atoms with Crippen LogP contribution in [0.4, 0.5) is 0 Å². The zero-order valence-corrected chi connectivity index (χ0v) is 14.7. The molecule has 2 aromatic rings. The molecule has 4 nitrogen and oxygen atoms in total. The highest BCUT2D eigenvalue weighted by molar-refractivity contribution is 9.10. The van der Waals surface area contributed by atoms with E-state index in [1.807, 2.05) is 30.3 Å². The number of esters is 1. The third-order valence-corrected chi connectivity index (χ3v) is 3.65. The largest absolute Gasteiger partial charge is 0.489 e. The van der Waals surface area contributed by atoms with Gasteiger partial charge >= 0.3 is 5.97 Å². The van der Waals surface area contributed by atoms with Gasteiger partial charge in [-0.3, -0.25) is 0 Å². The first kappa shape index (κ1) is 17.8. The lowest BCUT2D eigenvalue weighted by atomic mass is 10.1. The number of nitrogens with zero attached hydrogens (tertiary/aromatic N) is 1. The van der Waals surface area contributed by atoms with Gasteiger partial charge in [0.2, 0.25) is 0 Å². The van der Waals surface area contributed by atoms with E-state index in [1.165, 1.54) is 6.08 Å². The van der Waals surface area contributed by atoms with E-state index in [-0.39, 0.29) is 12.2 Å². The van der Waals surface area contributed by atoms with Gasteiger partial charge in [0.1, 0.15) is 24.0 Å². The first-order chi connectivity index (χ1) is 11.6. The predicted octanol–water partition coefficient (Wildman–Crippen LogP) is 4.50. The normalized spacial score (nSPS) is 10.8. The van der Waals surface area contributed by atoms with E-state index in [1.54, 1.807) is 31.2 Å². The van der Waals surface area contributed by atoms with Crippen molar-refractivity contribution in [2.75, 3.05) is 6.61 Å². The van der Waals surface area contributed by atoms with E-state index in [0.29, 0.717) is 12.4 Å². The van der Waals surface area contributed by atoms with E-state index >= 15 is 0 Å². The first-order valence-corrected chi connectivity index (χ1v) is 8.18. The molecule has 0 fully saturated rings. The zero-order valence-electron chi connectivity index (χ0n) is 13.2. The van der Waals surface area contributed by atoms with Crippen LogP contribution in [0.5, 0.6) is 5.75 Å². The van der Waals surface area contributed by atoms with Crippen molar-refractivity contribution in [1.29, 1.82) is 5.26 Å². The summed E-state index contributed by atoms with van der Waals surface area (Å²) in [6.45, 7) is 2.40. The second kappa shape index (κ2) is 8.90. The quantitative estimate of drug-likeness (QED) is 0.417. The molecule has 0 aliphatic heterocycles. The Morgan fingerprint density at radius 3 is 2.42 bits per heavy atom. The average Bonchev–Trinajstić information content (AvgIpc) is 2.60. The lowest BCUT2D eigenvalue weighted by Crippen LogP contribution is -2.05. The van der Waals surface area contributed by atoms with Crippen LogP contribution in [0.15, 0.2) is 58.6 Å². The van der Waals surface area contributed by atoms with E-state index < -0.39 is 5.97 Å². The smallest absolute Gasteiger partial charge is 0.348 e. The highest BCUT2D eigenvalue weighted by Crippen LogP contribution is 2.17. The number of benzene rings is 2. The summed E-state index contributed by atoms with van der Waals surface area (Å²) in [6.07, 6.45) is 1.50. The maximum absolute atomic E-state index is 11.6. The minimum atomic E-state index is -0.615. The summed E-state index contributed by atoms with van der Waals surface area (Å²) in [7, 11) is 0. The molecule has 0 aromatic heterocycles. The van der Waals surface area contributed by atoms with Gasteiger partial charge in [-0.1, -0.05) is 40.2 Å². The summed E-state index contributed by atoms with van der Waals surface area (Å²) in [4.78, 5) is 11.6. The SMILES string of the molecule is CCOC(=O)/C(C#N)=C/c1ccc(OCc2ccc(Br)cc2)cc1. The standard InChI is InChI=1S/C19H16BrNO3/c1-2-23-19(22)16(12-21)11-14-5-9-18(10-6-14)24-13-15-3-7-17(20)8-4-15/h3-11H,2,13H2,1H3/b16-11+. The van der Waals surface area contributed by atoms with Crippen molar-refractivity contribution in [3.05, 3.63) is 69.7 Å². The van der Waals surface area contributed by atoms with Gasteiger partial charge in [0.05, 0.1) is 6.61 Å². The van der Waals surface area contributed by atoms with Crippen molar-refractivity contribution in [3.8, 4) is 11.8 Å². The van der Waals surface area contributed by atoms with E-state index in [9.17, 15) is 4.79 Å². The molecule has 122 valence electrons. The Balaban J connectivity index is 2.01. The van der Waals surface area contributed by atoms with Crippen molar-refractivity contribution in [3.63, 3.8) is 0 Å². The van der Waals surface area contributed by atoms with Gasteiger partial charge in [-0.15, -0.1) is 0 Å². The van der Waals surface area contributed by atoms with Gasteiger partial charge < -0.3 is 9.47 Å². The van der Waals surface area contributed by atoms with Crippen LogP contribution in [0, 0.1) is 11.3 Å². The van der Waals surface area contributed by atoms with Crippen molar-refractivity contribution < 1.29 is 14.3 Å². The molecule has 0 bridgehead atoms. The number of hydrogen-bond donors (Lipinski definition) is 0. The van der Waals surface area contributed by atoms with Crippen LogP contribution >= 0.6 is 15.9 Å². The molecule has 24 heavy (non-hydrogen) atoms. The maximum Gasteiger partial charge on any atom is 0.348 e. The van der Waals surface area contributed by atoms with E-state index in [0.717, 1.165) is 15.6 Å². The molecule has 2 aromatic carbocycles. The van der Waals surface area contributed by atoms with Gasteiger partial charge in [-0.05, 0) is 48.4 Å². The van der Waals surface area contributed by atoms with Gasteiger partial charge in [0.25, 0.3) is 0 Å². The summed E-state index contributed by atoms with van der Waals surface area (Å²) < 4.78 is 11.6. The average molecular weight is 386 g/mol. The Kier molecular flexibility index (Phi) is 6.59. The molecule has 0 saturated heterocycles. The molecule has 0 radical (unpaired) electrons. The molecule has 0 spiro atoms. The van der Waals surface area contributed by atoms with Crippen LogP contribution in [0.3, 0.4) is 0 Å². The Morgan fingerprint density at radius 1 is 1.17 bits per heavy atom. The van der Waals surface area contributed by atoms with Crippen LogP contribution in [-0.2, 0) is 16.1 Å². The molecule has 0 atom stereocenters. The summed E-state index contributed by atoms with van der Waals surface area (Å²) in [6, 6.07) is 16.9. The lowest BCUT2D eigenvalue weighted by Gasteiger charge is -2.07. The summed E-state index contributed by atoms with van der Waals surface area (Å²) in [5.41, 5.74) is 1.77. The van der Waals surface area contributed by atoms with Crippen LogP contribution in [0.25, 0.3) is 6.08 Å². The molecule has 0 unspecified atom stereocenters. The fraction of sp³-hybridized carbons (Fsp3) is 0.158. The van der Waals surface area contributed by atoms with E-state index in [4.69, 9.17) is 14.7 Å². The summed E-state index contributed by atoms with van der Waals surface area (Å²) >= 11 is 3.39. The summed E-state index contributed by atoms with van der Waals surface area (Å²) in [5, 5.41) is 9.02. The van der Waals surface area contributed by atoms with Gasteiger partial charge in [0.15, 0.2) is 0 Å². The molecular formula is C19H16BrNO3. The number of ether oxygens (including phenoxy) is 2. The molecule has 2 rings (SSSR count). The van der Waals surface area contributed by atoms with E-state index in [2.05, 4.69) is 15.9 Å². The number of hydrogen-bond acceptors (Lipinski definition) is 4. The summed E-state index contributed by atoms with van der Waals surface area (Å²) in [5.74, 6) is 0.0975. The minimum Gasteiger partial charge on any atom is -0.489 e. The second-order valence-electron chi connectivity index (χ2n) is 4.87. The van der Waals surface area contributed by atoms with Crippen molar-refractivity contribution in [2.45, 2.75) is 13.5 Å². The number of nitriles is 1. The maximum atomic E-state index is 11.6.